The summed E-state index contributed by atoms with van der Waals surface area (Å²) in [6.07, 6.45) is 1.64. The highest BCUT2D eigenvalue weighted by molar-refractivity contribution is 5.29. The van der Waals surface area contributed by atoms with E-state index in [9.17, 15) is 4.79 Å². The third kappa shape index (κ3) is 3.44. The van der Waals surface area contributed by atoms with E-state index in [-0.39, 0.29) is 11.0 Å². The van der Waals surface area contributed by atoms with Crippen LogP contribution in [-0.2, 0) is 12.0 Å². The van der Waals surface area contributed by atoms with E-state index in [2.05, 4.69) is 15.3 Å². The molecule has 19 heavy (non-hydrogen) atoms. The molecule has 2 rings (SSSR count). The van der Waals surface area contributed by atoms with E-state index in [4.69, 9.17) is 0 Å². The zero-order chi connectivity index (χ0) is 13.9. The molecule has 0 amide bonds. The maximum Gasteiger partial charge on any atom is 0.255 e. The van der Waals surface area contributed by atoms with Gasteiger partial charge in [0.15, 0.2) is 0 Å². The monoisotopic (exact) mass is 257 g/mol. The van der Waals surface area contributed by atoms with Gasteiger partial charge in [-0.3, -0.25) is 9.78 Å². The summed E-state index contributed by atoms with van der Waals surface area (Å²) in [5.41, 5.74) is 1.55. The van der Waals surface area contributed by atoms with Crippen LogP contribution in [0.2, 0.25) is 0 Å². The quantitative estimate of drug-likeness (QED) is 0.888. The SMILES string of the molecule is CC(C)(C)c1cnc(NCc2ccccc2)[nH]c1=O. The summed E-state index contributed by atoms with van der Waals surface area (Å²) in [6.45, 7) is 6.63. The molecule has 0 bridgehead atoms. The summed E-state index contributed by atoms with van der Waals surface area (Å²) in [7, 11) is 0. The van der Waals surface area contributed by atoms with Gasteiger partial charge in [-0.15, -0.1) is 0 Å². The van der Waals surface area contributed by atoms with Gasteiger partial charge in [0, 0.05) is 18.3 Å². The number of H-pyrrole nitrogens is 1. The van der Waals surface area contributed by atoms with E-state index in [1.807, 2.05) is 51.1 Å². The Bertz CT molecular complexity index is 597. The molecule has 0 aliphatic rings. The van der Waals surface area contributed by atoms with Crippen molar-refractivity contribution >= 4 is 5.95 Å². The summed E-state index contributed by atoms with van der Waals surface area (Å²) in [5, 5.41) is 3.11. The van der Waals surface area contributed by atoms with Crippen LogP contribution in [0.15, 0.2) is 41.3 Å². The second kappa shape index (κ2) is 5.26. The van der Waals surface area contributed by atoms with Crippen molar-refractivity contribution in [3.05, 3.63) is 58.0 Å². The van der Waals surface area contributed by atoms with Crippen LogP contribution in [0.4, 0.5) is 5.95 Å². The topological polar surface area (TPSA) is 57.8 Å². The minimum atomic E-state index is -0.196. The van der Waals surface area contributed by atoms with Crippen molar-refractivity contribution in [3.63, 3.8) is 0 Å². The number of hydrogen-bond acceptors (Lipinski definition) is 3. The van der Waals surface area contributed by atoms with Gasteiger partial charge in [-0.2, -0.15) is 0 Å². The number of hydrogen-bond donors (Lipinski definition) is 2. The third-order valence-corrected chi connectivity index (χ3v) is 2.91. The van der Waals surface area contributed by atoms with Crippen LogP contribution in [0, 0.1) is 0 Å². The Morgan fingerprint density at radius 3 is 2.47 bits per heavy atom. The second-order valence-corrected chi connectivity index (χ2v) is 5.56. The van der Waals surface area contributed by atoms with Crippen molar-refractivity contribution in [2.45, 2.75) is 32.7 Å². The first-order chi connectivity index (χ1) is 8.97. The maximum absolute atomic E-state index is 12.0. The van der Waals surface area contributed by atoms with Gasteiger partial charge in [0.1, 0.15) is 0 Å². The van der Waals surface area contributed by atoms with Crippen molar-refractivity contribution in [1.29, 1.82) is 0 Å². The average molecular weight is 257 g/mol. The molecule has 100 valence electrons. The Morgan fingerprint density at radius 1 is 1.21 bits per heavy atom. The molecule has 1 aromatic heterocycles. The molecule has 0 saturated carbocycles. The molecule has 2 N–H and O–H groups in total. The predicted octanol–water partition coefficient (Wildman–Crippen LogP) is 2.68. The minimum absolute atomic E-state index is 0.0851. The number of aromatic amines is 1. The van der Waals surface area contributed by atoms with E-state index in [1.165, 1.54) is 0 Å². The highest BCUT2D eigenvalue weighted by Crippen LogP contribution is 2.17. The molecule has 0 unspecified atom stereocenters. The van der Waals surface area contributed by atoms with Crippen LogP contribution in [-0.4, -0.2) is 9.97 Å². The Labute approximate surface area is 112 Å². The number of anilines is 1. The van der Waals surface area contributed by atoms with Gasteiger partial charge in [0.2, 0.25) is 5.95 Å². The van der Waals surface area contributed by atoms with Crippen molar-refractivity contribution in [2.24, 2.45) is 0 Å². The molecule has 0 fully saturated rings. The Hall–Kier alpha value is -2.10. The predicted molar refractivity (Wildman–Crippen MR) is 77.3 cm³/mol. The number of nitrogens with zero attached hydrogens (tertiary/aromatic N) is 1. The first-order valence-electron chi connectivity index (χ1n) is 6.34. The van der Waals surface area contributed by atoms with Crippen molar-refractivity contribution in [3.8, 4) is 0 Å². The third-order valence-electron chi connectivity index (χ3n) is 2.91. The van der Waals surface area contributed by atoms with Crippen LogP contribution in [0.3, 0.4) is 0 Å². The molecule has 0 aliphatic heterocycles. The minimum Gasteiger partial charge on any atom is -0.352 e. The van der Waals surface area contributed by atoms with Crippen molar-refractivity contribution in [2.75, 3.05) is 5.32 Å². The van der Waals surface area contributed by atoms with E-state index >= 15 is 0 Å². The Kier molecular flexibility index (Phi) is 3.69. The normalized spacial score (nSPS) is 11.3. The molecule has 1 heterocycles. The van der Waals surface area contributed by atoms with Gasteiger partial charge in [-0.05, 0) is 11.0 Å². The molecule has 4 heteroatoms. The summed E-state index contributed by atoms with van der Waals surface area (Å²) < 4.78 is 0. The highest BCUT2D eigenvalue weighted by Gasteiger charge is 2.18. The molecule has 0 radical (unpaired) electrons. The van der Waals surface area contributed by atoms with Crippen LogP contribution >= 0.6 is 0 Å². The first kappa shape index (κ1) is 13.3. The van der Waals surface area contributed by atoms with Crippen LogP contribution in [0.25, 0.3) is 0 Å². The lowest BCUT2D eigenvalue weighted by molar-refractivity contribution is 0.578. The summed E-state index contributed by atoms with van der Waals surface area (Å²) in [5.74, 6) is 0.502. The van der Waals surface area contributed by atoms with Crippen molar-refractivity contribution in [1.82, 2.24) is 9.97 Å². The Balaban J connectivity index is 2.11. The van der Waals surface area contributed by atoms with Gasteiger partial charge >= 0.3 is 0 Å². The second-order valence-electron chi connectivity index (χ2n) is 5.56. The van der Waals surface area contributed by atoms with Gasteiger partial charge in [0.25, 0.3) is 5.56 Å². The average Bonchev–Trinajstić information content (AvgIpc) is 2.36. The molecule has 1 aromatic carbocycles. The lowest BCUT2D eigenvalue weighted by Crippen LogP contribution is -2.25. The largest absolute Gasteiger partial charge is 0.352 e. The first-order valence-corrected chi connectivity index (χ1v) is 6.34. The number of benzene rings is 1. The fourth-order valence-electron chi connectivity index (χ4n) is 1.80. The van der Waals surface area contributed by atoms with Gasteiger partial charge in [-0.1, -0.05) is 51.1 Å². The zero-order valence-electron chi connectivity index (χ0n) is 11.5. The van der Waals surface area contributed by atoms with Crippen LogP contribution in [0.5, 0.6) is 0 Å². The smallest absolute Gasteiger partial charge is 0.255 e. The summed E-state index contributed by atoms with van der Waals surface area (Å²) in [4.78, 5) is 19.0. The molecule has 4 nitrogen and oxygen atoms in total. The number of rotatable bonds is 3. The molecular weight excluding hydrogens is 238 g/mol. The van der Waals surface area contributed by atoms with E-state index in [0.29, 0.717) is 18.1 Å². The number of aromatic nitrogens is 2. The molecule has 0 saturated heterocycles. The standard InChI is InChI=1S/C15H19N3O/c1-15(2,3)12-10-17-14(18-13(12)19)16-9-11-7-5-4-6-8-11/h4-8,10H,9H2,1-3H3,(H2,16,17,18,19). The highest BCUT2D eigenvalue weighted by atomic mass is 16.1. The lowest BCUT2D eigenvalue weighted by atomic mass is 9.89. The summed E-state index contributed by atoms with van der Waals surface area (Å²) in [6, 6.07) is 9.98. The fraction of sp³-hybridized carbons (Fsp3) is 0.333. The van der Waals surface area contributed by atoms with Crippen LogP contribution < -0.4 is 10.9 Å². The van der Waals surface area contributed by atoms with E-state index in [1.54, 1.807) is 6.20 Å². The van der Waals surface area contributed by atoms with Crippen molar-refractivity contribution < 1.29 is 0 Å². The Morgan fingerprint density at radius 2 is 1.89 bits per heavy atom. The van der Waals surface area contributed by atoms with E-state index in [0.717, 1.165) is 5.56 Å². The molecular formula is C15H19N3O. The molecule has 0 aliphatic carbocycles. The number of nitrogens with one attached hydrogen (secondary N) is 2. The van der Waals surface area contributed by atoms with E-state index < -0.39 is 0 Å². The fourth-order valence-corrected chi connectivity index (χ4v) is 1.80. The van der Waals surface area contributed by atoms with Gasteiger partial charge in [-0.25, -0.2) is 4.98 Å². The van der Waals surface area contributed by atoms with Crippen LogP contribution in [0.1, 0.15) is 31.9 Å². The lowest BCUT2D eigenvalue weighted by Gasteiger charge is -2.17. The van der Waals surface area contributed by atoms with Gasteiger partial charge < -0.3 is 5.32 Å². The van der Waals surface area contributed by atoms with Gasteiger partial charge in [0.05, 0.1) is 0 Å². The zero-order valence-corrected chi connectivity index (χ0v) is 11.5. The summed E-state index contributed by atoms with van der Waals surface area (Å²) >= 11 is 0. The maximum atomic E-state index is 12.0. The molecule has 0 atom stereocenters. The molecule has 2 aromatic rings. The molecule has 0 spiro atoms.